The minimum atomic E-state index is -1.00. The normalized spacial score (nSPS) is 16.2. The van der Waals surface area contributed by atoms with Gasteiger partial charge in [0.05, 0.1) is 0 Å². The lowest BCUT2D eigenvalue weighted by Gasteiger charge is -2.23. The summed E-state index contributed by atoms with van der Waals surface area (Å²) in [4.78, 5) is 25.3. The Labute approximate surface area is 128 Å². The molecular weight excluding hydrogens is 280 g/mol. The zero-order valence-electron chi connectivity index (χ0n) is 12.1. The van der Waals surface area contributed by atoms with Crippen molar-refractivity contribution >= 4 is 23.4 Å². The monoisotopic (exact) mass is 296 g/mol. The standard InChI is InChI=1S/C17H16N2O3/c1-11-5-4-7-13(9-11)18-17(22)19-14-8-3-2-6-12(14)10-15(19)16(20)21/h2-9,15H,10H2,1H3,(H,18,22)(H,20,21). The molecule has 0 radical (unpaired) electrons. The Morgan fingerprint density at radius 1 is 1.18 bits per heavy atom. The number of carbonyl (C=O) groups excluding carboxylic acids is 1. The molecule has 2 aromatic carbocycles. The number of hydrogen-bond donors (Lipinski definition) is 2. The van der Waals surface area contributed by atoms with Crippen molar-refractivity contribution in [3.05, 3.63) is 59.7 Å². The van der Waals surface area contributed by atoms with Gasteiger partial charge in [0.2, 0.25) is 0 Å². The van der Waals surface area contributed by atoms with E-state index in [-0.39, 0.29) is 0 Å². The van der Waals surface area contributed by atoms with Crippen LogP contribution in [0.2, 0.25) is 0 Å². The molecule has 2 aromatic rings. The number of aryl methyl sites for hydroxylation is 1. The summed E-state index contributed by atoms with van der Waals surface area (Å²) in [5, 5.41) is 12.2. The highest BCUT2D eigenvalue weighted by molar-refractivity contribution is 6.07. The van der Waals surface area contributed by atoms with Crippen molar-refractivity contribution in [1.29, 1.82) is 0 Å². The lowest BCUT2D eigenvalue weighted by molar-refractivity contribution is -0.138. The molecular formula is C17H16N2O3. The van der Waals surface area contributed by atoms with Gasteiger partial charge in [0.15, 0.2) is 0 Å². The molecule has 2 N–H and O–H groups in total. The first-order valence-electron chi connectivity index (χ1n) is 7.04. The van der Waals surface area contributed by atoms with E-state index >= 15 is 0 Å². The number of anilines is 2. The van der Waals surface area contributed by atoms with E-state index in [0.29, 0.717) is 17.8 Å². The van der Waals surface area contributed by atoms with Gasteiger partial charge in [0.25, 0.3) is 0 Å². The zero-order valence-corrected chi connectivity index (χ0v) is 12.1. The number of carboxylic acids is 1. The van der Waals surface area contributed by atoms with Gasteiger partial charge < -0.3 is 10.4 Å². The lowest BCUT2D eigenvalue weighted by Crippen LogP contribution is -2.45. The van der Waals surface area contributed by atoms with Crippen molar-refractivity contribution in [2.24, 2.45) is 0 Å². The van der Waals surface area contributed by atoms with Crippen molar-refractivity contribution in [2.45, 2.75) is 19.4 Å². The smallest absolute Gasteiger partial charge is 0.327 e. The zero-order chi connectivity index (χ0) is 15.7. The number of benzene rings is 2. The van der Waals surface area contributed by atoms with Crippen LogP contribution in [0.4, 0.5) is 16.2 Å². The second kappa shape index (κ2) is 5.52. The van der Waals surface area contributed by atoms with Gasteiger partial charge in [-0.15, -0.1) is 0 Å². The van der Waals surface area contributed by atoms with E-state index < -0.39 is 18.0 Å². The molecule has 0 saturated carbocycles. The topological polar surface area (TPSA) is 69.6 Å². The van der Waals surface area contributed by atoms with E-state index in [9.17, 15) is 14.7 Å². The van der Waals surface area contributed by atoms with Gasteiger partial charge in [-0.1, -0.05) is 30.3 Å². The van der Waals surface area contributed by atoms with Crippen LogP contribution >= 0.6 is 0 Å². The van der Waals surface area contributed by atoms with Gasteiger partial charge in [-0.05, 0) is 36.2 Å². The molecule has 0 spiro atoms. The molecule has 0 aromatic heterocycles. The van der Waals surface area contributed by atoms with Gasteiger partial charge in [-0.2, -0.15) is 0 Å². The quantitative estimate of drug-likeness (QED) is 0.895. The number of carboxylic acid groups (broad SMARTS) is 1. The van der Waals surface area contributed by atoms with Gasteiger partial charge in [0.1, 0.15) is 6.04 Å². The van der Waals surface area contributed by atoms with Crippen LogP contribution in [-0.2, 0) is 11.2 Å². The van der Waals surface area contributed by atoms with Gasteiger partial charge in [-0.25, -0.2) is 9.59 Å². The van der Waals surface area contributed by atoms with Gasteiger partial charge in [0, 0.05) is 17.8 Å². The Balaban J connectivity index is 1.90. The molecule has 1 heterocycles. The van der Waals surface area contributed by atoms with Crippen LogP contribution in [0.5, 0.6) is 0 Å². The summed E-state index contributed by atoms with van der Waals surface area (Å²) in [5.41, 5.74) is 3.20. The van der Waals surface area contributed by atoms with E-state index in [4.69, 9.17) is 0 Å². The Bertz CT molecular complexity index is 742. The Hall–Kier alpha value is -2.82. The third kappa shape index (κ3) is 2.53. The number of nitrogens with one attached hydrogen (secondary N) is 1. The van der Waals surface area contributed by atoms with Crippen molar-refractivity contribution in [1.82, 2.24) is 0 Å². The SMILES string of the molecule is Cc1cccc(NC(=O)N2c3ccccc3CC2C(=O)O)c1. The molecule has 22 heavy (non-hydrogen) atoms. The molecule has 5 nitrogen and oxygen atoms in total. The molecule has 0 saturated heterocycles. The molecule has 112 valence electrons. The van der Waals surface area contributed by atoms with Crippen LogP contribution in [0.25, 0.3) is 0 Å². The fourth-order valence-corrected chi connectivity index (χ4v) is 2.74. The predicted octanol–water partition coefficient (Wildman–Crippen LogP) is 3.04. The van der Waals surface area contributed by atoms with E-state index in [1.807, 2.05) is 37.3 Å². The van der Waals surface area contributed by atoms with E-state index in [2.05, 4.69) is 5.32 Å². The third-order valence-corrected chi connectivity index (χ3v) is 3.75. The summed E-state index contributed by atoms with van der Waals surface area (Å²) in [6, 6.07) is 13.4. The average Bonchev–Trinajstić information content (AvgIpc) is 2.87. The highest BCUT2D eigenvalue weighted by atomic mass is 16.4. The van der Waals surface area contributed by atoms with Gasteiger partial charge in [-0.3, -0.25) is 4.90 Å². The molecule has 1 aliphatic rings. The highest BCUT2D eigenvalue weighted by Gasteiger charge is 2.38. The Morgan fingerprint density at radius 2 is 1.95 bits per heavy atom. The number of para-hydroxylation sites is 1. The maximum atomic E-state index is 12.6. The van der Waals surface area contributed by atoms with Crippen molar-refractivity contribution in [3.63, 3.8) is 0 Å². The molecule has 0 fully saturated rings. The van der Waals surface area contributed by atoms with Crippen LogP contribution in [0.3, 0.4) is 0 Å². The highest BCUT2D eigenvalue weighted by Crippen LogP contribution is 2.32. The minimum absolute atomic E-state index is 0.326. The molecule has 2 amide bonds. The van der Waals surface area contributed by atoms with Crippen LogP contribution in [0.15, 0.2) is 48.5 Å². The second-order valence-corrected chi connectivity index (χ2v) is 5.36. The lowest BCUT2D eigenvalue weighted by atomic mass is 10.1. The number of amides is 2. The molecule has 0 bridgehead atoms. The molecule has 1 aliphatic heterocycles. The third-order valence-electron chi connectivity index (χ3n) is 3.75. The molecule has 3 rings (SSSR count). The van der Waals surface area contributed by atoms with Crippen molar-refractivity contribution in [3.8, 4) is 0 Å². The number of hydrogen-bond acceptors (Lipinski definition) is 2. The summed E-state index contributed by atoms with van der Waals surface area (Å²) in [7, 11) is 0. The van der Waals surface area contributed by atoms with Crippen LogP contribution in [-0.4, -0.2) is 23.1 Å². The number of fused-ring (bicyclic) bond motifs is 1. The Morgan fingerprint density at radius 3 is 2.68 bits per heavy atom. The summed E-state index contributed by atoms with van der Waals surface area (Å²) >= 11 is 0. The first-order chi connectivity index (χ1) is 10.6. The van der Waals surface area contributed by atoms with Crippen LogP contribution < -0.4 is 10.2 Å². The Kier molecular flexibility index (Phi) is 3.55. The van der Waals surface area contributed by atoms with Crippen LogP contribution in [0.1, 0.15) is 11.1 Å². The first-order valence-corrected chi connectivity index (χ1v) is 7.04. The fourth-order valence-electron chi connectivity index (χ4n) is 2.74. The van der Waals surface area contributed by atoms with E-state index in [0.717, 1.165) is 11.1 Å². The second-order valence-electron chi connectivity index (χ2n) is 5.36. The molecule has 1 atom stereocenters. The number of aliphatic carboxylic acids is 1. The number of nitrogens with zero attached hydrogens (tertiary/aromatic N) is 1. The fraction of sp³-hybridized carbons (Fsp3) is 0.176. The molecule has 0 aliphatic carbocycles. The average molecular weight is 296 g/mol. The van der Waals surface area contributed by atoms with E-state index in [1.165, 1.54) is 4.90 Å². The minimum Gasteiger partial charge on any atom is -0.480 e. The summed E-state index contributed by atoms with van der Waals surface area (Å²) in [6.07, 6.45) is 0.326. The van der Waals surface area contributed by atoms with Gasteiger partial charge >= 0.3 is 12.0 Å². The molecule has 5 heteroatoms. The maximum absolute atomic E-state index is 12.6. The number of rotatable bonds is 2. The van der Waals surface area contributed by atoms with Crippen molar-refractivity contribution < 1.29 is 14.7 Å². The summed E-state index contributed by atoms with van der Waals surface area (Å²) < 4.78 is 0. The summed E-state index contributed by atoms with van der Waals surface area (Å²) in [6.45, 7) is 1.93. The van der Waals surface area contributed by atoms with E-state index in [1.54, 1.807) is 18.2 Å². The largest absolute Gasteiger partial charge is 0.480 e. The number of carbonyl (C=O) groups is 2. The summed E-state index contributed by atoms with van der Waals surface area (Å²) in [5.74, 6) is -1.00. The number of urea groups is 1. The maximum Gasteiger partial charge on any atom is 0.327 e. The van der Waals surface area contributed by atoms with Crippen LogP contribution in [0, 0.1) is 6.92 Å². The predicted molar refractivity (Wildman–Crippen MR) is 84.2 cm³/mol. The van der Waals surface area contributed by atoms with Crippen molar-refractivity contribution in [2.75, 3.05) is 10.2 Å². The molecule has 1 unspecified atom stereocenters. The first kappa shape index (κ1) is 14.1.